The third-order valence-corrected chi connectivity index (χ3v) is 4.51. The summed E-state index contributed by atoms with van der Waals surface area (Å²) >= 11 is 0. The summed E-state index contributed by atoms with van der Waals surface area (Å²) in [7, 11) is 1.75. The molecule has 0 N–H and O–H groups in total. The first-order chi connectivity index (χ1) is 12.7. The van der Waals surface area contributed by atoms with Crippen molar-refractivity contribution >= 4 is 5.95 Å². The molecule has 1 aliphatic rings. The fourth-order valence-electron chi connectivity index (χ4n) is 3.09. The van der Waals surface area contributed by atoms with E-state index in [-0.39, 0.29) is 11.7 Å². The lowest BCUT2D eigenvalue weighted by Crippen LogP contribution is -2.41. The van der Waals surface area contributed by atoms with E-state index in [9.17, 15) is 4.79 Å². The Morgan fingerprint density at radius 1 is 1.08 bits per heavy atom. The van der Waals surface area contributed by atoms with Gasteiger partial charge >= 0.3 is 0 Å². The van der Waals surface area contributed by atoms with E-state index in [1.54, 1.807) is 42.5 Å². The number of ether oxygens (including phenoxy) is 1. The summed E-state index contributed by atoms with van der Waals surface area (Å²) in [5.74, 6) is 0.645. The predicted molar refractivity (Wildman–Crippen MR) is 97.9 cm³/mol. The second-order valence-electron chi connectivity index (χ2n) is 6.16. The molecule has 0 amide bonds. The van der Waals surface area contributed by atoms with Gasteiger partial charge in [0.05, 0.1) is 18.8 Å². The monoisotopic (exact) mass is 349 g/mol. The molecule has 1 atom stereocenters. The highest BCUT2D eigenvalue weighted by molar-refractivity contribution is 5.59. The minimum Gasteiger partial charge on any atom is -0.370 e. The summed E-state index contributed by atoms with van der Waals surface area (Å²) in [6.07, 6.45) is 6.84. The second kappa shape index (κ2) is 7.05. The van der Waals surface area contributed by atoms with Crippen molar-refractivity contribution in [3.8, 4) is 11.3 Å². The van der Waals surface area contributed by atoms with Crippen molar-refractivity contribution in [2.75, 3.05) is 24.6 Å². The van der Waals surface area contributed by atoms with E-state index < -0.39 is 0 Å². The Labute approximate surface area is 150 Å². The number of nitrogens with zero attached hydrogens (tertiary/aromatic N) is 5. The third-order valence-electron chi connectivity index (χ3n) is 4.51. The molecule has 26 heavy (non-hydrogen) atoms. The van der Waals surface area contributed by atoms with Crippen LogP contribution in [0.3, 0.4) is 0 Å². The summed E-state index contributed by atoms with van der Waals surface area (Å²) < 4.78 is 7.49. The summed E-state index contributed by atoms with van der Waals surface area (Å²) in [4.78, 5) is 27.4. The van der Waals surface area contributed by atoms with Gasteiger partial charge in [-0.2, -0.15) is 0 Å². The Kier molecular flexibility index (Phi) is 4.45. The van der Waals surface area contributed by atoms with Gasteiger partial charge in [-0.15, -0.1) is 0 Å². The Balaban J connectivity index is 1.68. The van der Waals surface area contributed by atoms with Gasteiger partial charge in [-0.25, -0.2) is 4.98 Å². The highest BCUT2D eigenvalue weighted by Gasteiger charge is 2.25. The molecule has 0 bridgehead atoms. The van der Waals surface area contributed by atoms with Gasteiger partial charge in [0.1, 0.15) is 6.10 Å². The van der Waals surface area contributed by atoms with Crippen molar-refractivity contribution in [1.29, 1.82) is 0 Å². The first-order valence-electron chi connectivity index (χ1n) is 8.47. The van der Waals surface area contributed by atoms with Gasteiger partial charge < -0.3 is 9.64 Å². The Hall–Kier alpha value is -3.06. The zero-order valence-corrected chi connectivity index (χ0v) is 14.4. The Morgan fingerprint density at radius 3 is 2.50 bits per heavy atom. The fraction of sp³-hybridized carbons (Fsp3) is 0.263. The first-order valence-corrected chi connectivity index (χ1v) is 8.47. The van der Waals surface area contributed by atoms with E-state index in [2.05, 4.69) is 14.9 Å². The van der Waals surface area contributed by atoms with E-state index in [1.807, 2.05) is 24.3 Å². The molecule has 4 heterocycles. The van der Waals surface area contributed by atoms with Crippen LogP contribution >= 0.6 is 0 Å². The minimum atomic E-state index is -0.0891. The lowest BCUT2D eigenvalue weighted by Gasteiger charge is -2.34. The van der Waals surface area contributed by atoms with Crippen LogP contribution in [-0.4, -0.2) is 39.2 Å². The van der Waals surface area contributed by atoms with Gasteiger partial charge in [-0.3, -0.25) is 19.3 Å². The molecule has 1 unspecified atom stereocenters. The maximum atomic E-state index is 12.5. The molecule has 7 heteroatoms. The van der Waals surface area contributed by atoms with E-state index in [0.717, 1.165) is 11.1 Å². The highest BCUT2D eigenvalue weighted by Crippen LogP contribution is 2.25. The molecule has 4 rings (SSSR count). The van der Waals surface area contributed by atoms with E-state index in [0.29, 0.717) is 31.3 Å². The van der Waals surface area contributed by atoms with Crippen LogP contribution in [0.5, 0.6) is 0 Å². The third kappa shape index (κ3) is 3.21. The van der Waals surface area contributed by atoms with Gasteiger partial charge in [-0.05, 0) is 29.8 Å². The van der Waals surface area contributed by atoms with Crippen LogP contribution in [-0.2, 0) is 11.8 Å². The maximum Gasteiger partial charge on any atom is 0.255 e. The molecule has 3 aromatic heterocycles. The number of anilines is 1. The van der Waals surface area contributed by atoms with Gasteiger partial charge in [0.2, 0.25) is 5.95 Å². The van der Waals surface area contributed by atoms with Crippen LogP contribution in [0.15, 0.2) is 59.9 Å². The van der Waals surface area contributed by atoms with Crippen LogP contribution < -0.4 is 10.5 Å². The molecule has 1 aliphatic heterocycles. The molecular weight excluding hydrogens is 330 g/mol. The molecule has 1 fully saturated rings. The van der Waals surface area contributed by atoms with E-state index in [4.69, 9.17) is 9.72 Å². The van der Waals surface area contributed by atoms with Gasteiger partial charge in [-0.1, -0.05) is 0 Å². The van der Waals surface area contributed by atoms with E-state index in [1.165, 1.54) is 0 Å². The molecule has 0 aliphatic carbocycles. The van der Waals surface area contributed by atoms with Crippen molar-refractivity contribution < 1.29 is 4.74 Å². The first kappa shape index (κ1) is 16.4. The molecule has 0 radical (unpaired) electrons. The summed E-state index contributed by atoms with van der Waals surface area (Å²) in [5.41, 5.74) is 2.50. The standard InChI is InChI=1S/C19H19N5O2/c1-23-18(25)12-16(14-2-6-20-7-3-14)22-19(23)24-10-11-26-17(13-24)15-4-8-21-9-5-15/h2-9,12,17H,10-11,13H2,1H3. The number of pyridine rings is 2. The van der Waals surface area contributed by atoms with Crippen LogP contribution in [0.4, 0.5) is 5.95 Å². The SMILES string of the molecule is Cn1c(N2CCOC(c3ccncc3)C2)nc(-c2ccncc2)cc1=O. The average molecular weight is 349 g/mol. The average Bonchev–Trinajstić information content (AvgIpc) is 2.71. The molecule has 7 nitrogen and oxygen atoms in total. The van der Waals surface area contributed by atoms with Crippen LogP contribution in [0.1, 0.15) is 11.7 Å². The summed E-state index contributed by atoms with van der Waals surface area (Å²) in [5, 5.41) is 0. The normalized spacial score (nSPS) is 17.3. The molecule has 1 saturated heterocycles. The van der Waals surface area contributed by atoms with Crippen molar-refractivity contribution in [3.05, 3.63) is 71.0 Å². The van der Waals surface area contributed by atoms with Crippen molar-refractivity contribution in [3.63, 3.8) is 0 Å². The number of hydrogen-bond acceptors (Lipinski definition) is 6. The summed E-state index contributed by atoms with van der Waals surface area (Å²) in [6.45, 7) is 1.88. The number of rotatable bonds is 3. The quantitative estimate of drug-likeness (QED) is 0.718. The molecule has 0 spiro atoms. The Bertz CT molecular complexity index is 943. The minimum absolute atomic E-state index is 0.0757. The molecule has 3 aromatic rings. The number of morpholine rings is 1. The Morgan fingerprint density at radius 2 is 1.77 bits per heavy atom. The topological polar surface area (TPSA) is 73.1 Å². The second-order valence-corrected chi connectivity index (χ2v) is 6.16. The van der Waals surface area contributed by atoms with Gasteiger partial charge in [0.25, 0.3) is 5.56 Å². The molecule has 0 aromatic carbocycles. The zero-order chi connectivity index (χ0) is 17.9. The van der Waals surface area contributed by atoms with Crippen molar-refractivity contribution in [1.82, 2.24) is 19.5 Å². The molecule has 132 valence electrons. The lowest BCUT2D eigenvalue weighted by atomic mass is 10.1. The van der Waals surface area contributed by atoms with Gasteiger partial charge in [0, 0.05) is 50.0 Å². The van der Waals surface area contributed by atoms with Crippen molar-refractivity contribution in [2.45, 2.75) is 6.10 Å². The predicted octanol–water partition coefficient (Wildman–Crippen LogP) is 1.82. The molecular formula is C19H19N5O2. The summed E-state index contributed by atoms with van der Waals surface area (Å²) in [6, 6.07) is 9.16. The number of hydrogen-bond donors (Lipinski definition) is 0. The largest absolute Gasteiger partial charge is 0.370 e. The van der Waals surface area contributed by atoms with Crippen molar-refractivity contribution in [2.24, 2.45) is 7.05 Å². The zero-order valence-electron chi connectivity index (χ0n) is 14.4. The maximum absolute atomic E-state index is 12.5. The highest BCUT2D eigenvalue weighted by atomic mass is 16.5. The van der Waals surface area contributed by atoms with Gasteiger partial charge in [0.15, 0.2) is 0 Å². The van der Waals surface area contributed by atoms with E-state index >= 15 is 0 Å². The lowest BCUT2D eigenvalue weighted by molar-refractivity contribution is 0.0389. The smallest absolute Gasteiger partial charge is 0.255 e. The fourth-order valence-corrected chi connectivity index (χ4v) is 3.09. The van der Waals surface area contributed by atoms with Crippen LogP contribution in [0, 0.1) is 0 Å². The number of aromatic nitrogens is 4. The molecule has 0 saturated carbocycles. The van der Waals surface area contributed by atoms with Crippen LogP contribution in [0.2, 0.25) is 0 Å². The van der Waals surface area contributed by atoms with Crippen LogP contribution in [0.25, 0.3) is 11.3 Å².